The van der Waals surface area contributed by atoms with E-state index in [1.54, 1.807) is 0 Å². The van der Waals surface area contributed by atoms with E-state index in [4.69, 9.17) is 5.73 Å². The highest BCUT2D eigenvalue weighted by atomic mass is 79.9. The van der Waals surface area contributed by atoms with Crippen LogP contribution in [0, 0.1) is 10.1 Å². The van der Waals surface area contributed by atoms with Crippen molar-refractivity contribution in [2.75, 3.05) is 0 Å². The minimum absolute atomic E-state index is 0.152. The van der Waals surface area contributed by atoms with Crippen LogP contribution in [0.4, 0.5) is 18.9 Å². The smallest absolute Gasteiger partial charge is 0.326 e. The van der Waals surface area contributed by atoms with Crippen LogP contribution in [-0.4, -0.2) is 4.92 Å². The molecule has 0 heterocycles. The summed E-state index contributed by atoms with van der Waals surface area (Å²) in [5.74, 6) is 0. The number of rotatable bonds is 2. The molecule has 0 atom stereocenters. The number of benzene rings is 1. The summed E-state index contributed by atoms with van der Waals surface area (Å²) in [5, 5.41) is 10.6. The number of nitro benzene ring substituents is 1. The third-order valence-corrected chi connectivity index (χ3v) is 2.56. The molecule has 0 aromatic heterocycles. The van der Waals surface area contributed by atoms with E-state index in [0.717, 1.165) is 6.07 Å². The van der Waals surface area contributed by atoms with Crippen LogP contribution in [0.3, 0.4) is 0 Å². The van der Waals surface area contributed by atoms with Gasteiger partial charge in [-0.15, -0.1) is 0 Å². The summed E-state index contributed by atoms with van der Waals surface area (Å²) < 4.78 is 37.5. The Morgan fingerprint density at radius 1 is 1.44 bits per heavy atom. The zero-order valence-electron chi connectivity index (χ0n) is 7.71. The maximum absolute atomic E-state index is 12.6. The number of hydrogen-bond donors (Lipinski definition) is 1. The van der Waals surface area contributed by atoms with Crippen molar-refractivity contribution in [1.29, 1.82) is 0 Å². The van der Waals surface area contributed by atoms with Crippen molar-refractivity contribution in [3.63, 3.8) is 0 Å². The highest BCUT2D eigenvalue weighted by Gasteiger charge is 2.41. The molecule has 1 rings (SSSR count). The highest BCUT2D eigenvalue weighted by molar-refractivity contribution is 9.10. The lowest BCUT2D eigenvalue weighted by Crippen LogP contribution is -2.13. The first-order valence-electron chi connectivity index (χ1n) is 4.02. The number of hydrogen-bond acceptors (Lipinski definition) is 3. The maximum atomic E-state index is 12.6. The van der Waals surface area contributed by atoms with Gasteiger partial charge in [-0.2, -0.15) is 13.2 Å². The van der Waals surface area contributed by atoms with Gasteiger partial charge in [-0.3, -0.25) is 10.1 Å². The van der Waals surface area contributed by atoms with E-state index in [0.29, 0.717) is 0 Å². The average Bonchev–Trinajstić information content (AvgIpc) is 2.15. The molecule has 0 saturated heterocycles. The van der Waals surface area contributed by atoms with Crippen LogP contribution >= 0.6 is 15.9 Å². The van der Waals surface area contributed by atoms with Gasteiger partial charge in [0.2, 0.25) is 0 Å². The third kappa shape index (κ3) is 2.33. The fourth-order valence-electron chi connectivity index (χ4n) is 1.25. The van der Waals surface area contributed by atoms with Crippen LogP contribution in [0.25, 0.3) is 0 Å². The first-order valence-corrected chi connectivity index (χ1v) is 4.81. The lowest BCUT2D eigenvalue weighted by atomic mass is 10.1. The van der Waals surface area contributed by atoms with Crippen molar-refractivity contribution < 1.29 is 18.1 Å². The van der Waals surface area contributed by atoms with Crippen LogP contribution in [0.5, 0.6) is 0 Å². The van der Waals surface area contributed by atoms with Gasteiger partial charge in [-0.05, 0) is 28.1 Å². The molecule has 0 bridgehead atoms. The SMILES string of the molecule is NCc1ccc(Br)c(C(F)(F)F)c1[N+](=O)[O-]. The van der Waals surface area contributed by atoms with E-state index in [9.17, 15) is 23.3 Å². The van der Waals surface area contributed by atoms with Gasteiger partial charge < -0.3 is 5.73 Å². The molecule has 0 fully saturated rings. The van der Waals surface area contributed by atoms with Crippen molar-refractivity contribution in [3.8, 4) is 0 Å². The second-order valence-electron chi connectivity index (χ2n) is 2.89. The van der Waals surface area contributed by atoms with Crippen molar-refractivity contribution in [1.82, 2.24) is 0 Å². The normalized spacial score (nSPS) is 11.6. The lowest BCUT2D eigenvalue weighted by Gasteiger charge is -2.11. The summed E-state index contributed by atoms with van der Waals surface area (Å²) in [5.41, 5.74) is 2.71. The minimum atomic E-state index is -4.80. The summed E-state index contributed by atoms with van der Waals surface area (Å²) in [6.45, 7) is -0.327. The van der Waals surface area contributed by atoms with E-state index >= 15 is 0 Å². The van der Waals surface area contributed by atoms with Gasteiger partial charge in [0, 0.05) is 16.6 Å². The predicted octanol–water partition coefficient (Wildman–Crippen LogP) is 2.83. The molecule has 16 heavy (non-hydrogen) atoms. The molecule has 88 valence electrons. The van der Waals surface area contributed by atoms with Crippen LogP contribution in [0.2, 0.25) is 0 Å². The van der Waals surface area contributed by atoms with Gasteiger partial charge in [-0.25, -0.2) is 0 Å². The molecule has 0 unspecified atom stereocenters. The molecule has 0 amide bonds. The molecule has 0 aliphatic carbocycles. The predicted molar refractivity (Wildman–Crippen MR) is 53.7 cm³/mol. The van der Waals surface area contributed by atoms with E-state index in [1.807, 2.05) is 0 Å². The number of nitrogens with zero attached hydrogens (tertiary/aromatic N) is 1. The Morgan fingerprint density at radius 3 is 2.38 bits per heavy atom. The van der Waals surface area contributed by atoms with Crippen LogP contribution in [-0.2, 0) is 12.7 Å². The fraction of sp³-hybridized carbons (Fsp3) is 0.250. The minimum Gasteiger partial charge on any atom is -0.326 e. The Labute approximate surface area is 96.5 Å². The second-order valence-corrected chi connectivity index (χ2v) is 3.74. The van der Waals surface area contributed by atoms with E-state index in [2.05, 4.69) is 15.9 Å². The lowest BCUT2D eigenvalue weighted by molar-refractivity contribution is -0.388. The molecule has 0 aliphatic rings. The Morgan fingerprint density at radius 2 is 2.00 bits per heavy atom. The quantitative estimate of drug-likeness (QED) is 0.674. The van der Waals surface area contributed by atoms with Crippen molar-refractivity contribution in [2.24, 2.45) is 5.73 Å². The third-order valence-electron chi connectivity index (χ3n) is 1.90. The summed E-state index contributed by atoms with van der Waals surface area (Å²) >= 11 is 2.65. The van der Waals surface area contributed by atoms with Crippen LogP contribution in [0.1, 0.15) is 11.1 Å². The number of alkyl halides is 3. The Hall–Kier alpha value is -1.15. The Bertz CT molecular complexity index is 434. The molecular formula is C8H6BrF3N2O2. The first-order chi connectivity index (χ1) is 7.29. The fourth-order valence-corrected chi connectivity index (χ4v) is 1.80. The average molecular weight is 299 g/mol. The summed E-state index contributed by atoms with van der Waals surface area (Å²) in [4.78, 5) is 9.56. The molecule has 0 saturated carbocycles. The van der Waals surface area contributed by atoms with E-state index in [1.165, 1.54) is 6.07 Å². The van der Waals surface area contributed by atoms with Gasteiger partial charge in [0.15, 0.2) is 0 Å². The van der Waals surface area contributed by atoms with Crippen molar-refractivity contribution in [3.05, 3.63) is 37.8 Å². The van der Waals surface area contributed by atoms with E-state index in [-0.39, 0.29) is 16.6 Å². The molecule has 2 N–H and O–H groups in total. The second kappa shape index (κ2) is 4.38. The number of nitro groups is 1. The van der Waals surface area contributed by atoms with Gasteiger partial charge in [0.05, 0.1) is 4.92 Å². The van der Waals surface area contributed by atoms with Gasteiger partial charge in [0.1, 0.15) is 5.56 Å². The molecule has 0 radical (unpaired) electrons. The zero-order chi connectivity index (χ0) is 12.5. The highest BCUT2D eigenvalue weighted by Crippen LogP contribution is 2.42. The molecule has 1 aromatic rings. The summed E-state index contributed by atoms with van der Waals surface area (Å²) in [6.07, 6.45) is -4.80. The summed E-state index contributed by atoms with van der Waals surface area (Å²) in [7, 11) is 0. The molecule has 8 heteroatoms. The Kier molecular flexibility index (Phi) is 3.54. The van der Waals surface area contributed by atoms with Crippen LogP contribution in [0.15, 0.2) is 16.6 Å². The first kappa shape index (κ1) is 12.9. The van der Waals surface area contributed by atoms with Crippen LogP contribution < -0.4 is 5.73 Å². The van der Waals surface area contributed by atoms with Gasteiger partial charge >= 0.3 is 6.18 Å². The van der Waals surface area contributed by atoms with Gasteiger partial charge in [0.25, 0.3) is 5.69 Å². The molecule has 1 aromatic carbocycles. The zero-order valence-corrected chi connectivity index (χ0v) is 9.30. The maximum Gasteiger partial charge on any atom is 0.424 e. The molecular weight excluding hydrogens is 293 g/mol. The molecule has 0 aliphatic heterocycles. The van der Waals surface area contributed by atoms with Crippen molar-refractivity contribution in [2.45, 2.75) is 12.7 Å². The topological polar surface area (TPSA) is 69.2 Å². The van der Waals surface area contributed by atoms with Gasteiger partial charge in [-0.1, -0.05) is 0 Å². The Balaban J connectivity index is 3.62. The van der Waals surface area contributed by atoms with Crippen molar-refractivity contribution >= 4 is 21.6 Å². The number of nitrogens with two attached hydrogens (primary N) is 1. The largest absolute Gasteiger partial charge is 0.424 e. The molecule has 0 spiro atoms. The standard InChI is InChI=1S/C8H6BrF3N2O2/c9-5-2-1-4(3-13)7(14(15)16)6(5)8(10,11)12/h1-2H,3,13H2. The monoisotopic (exact) mass is 298 g/mol. The van der Waals surface area contributed by atoms with E-state index < -0.39 is 22.4 Å². The molecule has 4 nitrogen and oxygen atoms in total. The summed E-state index contributed by atoms with van der Waals surface area (Å²) in [6, 6.07) is 2.29. The number of halogens is 4.